The first-order valence-corrected chi connectivity index (χ1v) is 4.83. The van der Waals surface area contributed by atoms with Gasteiger partial charge in [-0.05, 0) is 26.0 Å². The van der Waals surface area contributed by atoms with Crippen molar-refractivity contribution in [1.29, 1.82) is 0 Å². The van der Waals surface area contributed by atoms with Crippen molar-refractivity contribution in [3.8, 4) is 0 Å². The number of hydrogen-bond donors (Lipinski definition) is 0. The monoisotopic (exact) mass is 345 g/mol. The van der Waals surface area contributed by atoms with Gasteiger partial charge in [-0.1, -0.05) is 6.07 Å². The number of pyridine rings is 1. The summed E-state index contributed by atoms with van der Waals surface area (Å²) in [5.41, 5.74) is 1.76. The molecule has 0 saturated carbocycles. The maximum absolute atomic E-state index is 4.35. The van der Waals surface area contributed by atoms with E-state index in [-0.39, 0.29) is 55.8 Å². The third-order valence-electron chi connectivity index (χ3n) is 1.60. The molecule has 0 N–H and O–H groups in total. The average molecular weight is 347 g/mol. The van der Waals surface area contributed by atoms with Gasteiger partial charge in [-0.3, -0.25) is 9.98 Å². The minimum atomic E-state index is 0. The van der Waals surface area contributed by atoms with Crippen LogP contribution in [0, 0.1) is 0 Å². The van der Waals surface area contributed by atoms with E-state index in [0.717, 1.165) is 24.5 Å². The van der Waals surface area contributed by atoms with Crippen molar-refractivity contribution in [2.24, 2.45) is 9.98 Å². The van der Waals surface area contributed by atoms with Gasteiger partial charge < -0.3 is 37.2 Å². The van der Waals surface area contributed by atoms with Crippen molar-refractivity contribution in [2.45, 2.75) is 13.8 Å². The molecule has 0 saturated heterocycles. The fraction of sp³-hybridized carbons (Fsp3) is 0.364. The van der Waals surface area contributed by atoms with E-state index in [2.05, 4.69) is 15.0 Å². The first-order chi connectivity index (χ1) is 6.86. The van der Waals surface area contributed by atoms with Crippen LogP contribution in [-0.2, 0) is 18.6 Å². The number of rotatable bonds is 4. The maximum atomic E-state index is 4.35. The zero-order valence-electron chi connectivity index (χ0n) is 10.2. The molecule has 0 aliphatic carbocycles. The number of hydrogen-bond acceptors (Lipinski definition) is 3. The zero-order valence-corrected chi connectivity index (χ0v) is 13.9. The molecule has 0 amide bonds. The van der Waals surface area contributed by atoms with Crippen LogP contribution in [-0.4, -0.2) is 30.5 Å². The van der Waals surface area contributed by atoms with Crippen molar-refractivity contribution >= 4 is 12.4 Å². The topological polar surface area (TPSA) is 37.6 Å². The quantitative estimate of drug-likeness (QED) is 0.499. The van der Waals surface area contributed by atoms with Crippen LogP contribution < -0.4 is 37.2 Å². The van der Waals surface area contributed by atoms with Crippen molar-refractivity contribution < 1.29 is 55.8 Å². The van der Waals surface area contributed by atoms with E-state index < -0.39 is 0 Å². The summed E-state index contributed by atoms with van der Waals surface area (Å²) in [6.45, 7) is 5.57. The second-order valence-corrected chi connectivity index (χ2v) is 2.74. The molecule has 0 atom stereocenters. The molecule has 0 fully saturated rings. The minimum absolute atomic E-state index is 0. The smallest absolute Gasteiger partial charge is 1.00 e. The van der Waals surface area contributed by atoms with Gasteiger partial charge in [-0.15, -0.1) is 0 Å². The van der Waals surface area contributed by atoms with Crippen molar-refractivity contribution in [2.75, 3.05) is 13.1 Å². The first kappa shape index (κ1) is 26.5. The first-order valence-electron chi connectivity index (χ1n) is 4.83. The van der Waals surface area contributed by atoms with Gasteiger partial charge in [0.05, 0.1) is 11.4 Å². The predicted octanol–water partition coefficient (Wildman–Crippen LogP) is -7.03. The molecule has 18 heavy (non-hydrogen) atoms. The Labute approximate surface area is 139 Å². The Morgan fingerprint density at radius 1 is 0.944 bits per heavy atom. The van der Waals surface area contributed by atoms with E-state index in [1.54, 1.807) is 12.4 Å². The van der Waals surface area contributed by atoms with Gasteiger partial charge in [0, 0.05) is 25.5 Å². The molecule has 0 aliphatic rings. The third kappa shape index (κ3) is 11.1. The van der Waals surface area contributed by atoms with Gasteiger partial charge in [-0.25, -0.2) is 4.98 Å². The zero-order chi connectivity index (χ0) is 10.2. The predicted molar refractivity (Wildman–Crippen MR) is 60.5 cm³/mol. The average Bonchev–Trinajstić information content (AvgIpc) is 2.24. The Morgan fingerprint density at radius 2 is 1.33 bits per heavy atom. The summed E-state index contributed by atoms with van der Waals surface area (Å²) in [5, 5.41) is 0. The number of aliphatic imine (C=N–C) groups is 2. The Kier molecular flexibility index (Phi) is 24.9. The molecule has 0 aromatic carbocycles. The molecule has 0 radical (unpaired) electrons. The molecule has 1 aromatic heterocycles. The van der Waals surface area contributed by atoms with Crippen LogP contribution in [0.5, 0.6) is 0 Å². The van der Waals surface area contributed by atoms with E-state index in [1.807, 2.05) is 32.0 Å². The normalized spacial score (nSPS) is 9.00. The van der Waals surface area contributed by atoms with Gasteiger partial charge in [0.2, 0.25) is 0 Å². The summed E-state index contributed by atoms with van der Waals surface area (Å²) < 4.78 is 0. The number of nitrogens with zero attached hydrogens (tertiary/aromatic N) is 3. The molecular formula is C11H15Cl3N3V. The summed E-state index contributed by atoms with van der Waals surface area (Å²) >= 11 is 0. The molecule has 7 heteroatoms. The Balaban J connectivity index is -0.000000245. The number of aromatic nitrogens is 1. The van der Waals surface area contributed by atoms with E-state index >= 15 is 0 Å². The molecular weight excluding hydrogens is 331 g/mol. The van der Waals surface area contributed by atoms with Crippen molar-refractivity contribution in [1.82, 2.24) is 4.98 Å². The van der Waals surface area contributed by atoms with Crippen LogP contribution in [0.2, 0.25) is 0 Å². The SMILES string of the molecule is CCN=Cc1cccc(C=NCC)n1.[Cl-].[Cl-].[Cl-].[V+3]. The third-order valence-corrected chi connectivity index (χ3v) is 1.60. The molecule has 1 aromatic rings. The molecule has 0 spiro atoms. The largest absolute Gasteiger partial charge is 3.00 e. The summed E-state index contributed by atoms with van der Waals surface area (Å²) in [5.74, 6) is 0. The summed E-state index contributed by atoms with van der Waals surface area (Å²) in [7, 11) is 0. The van der Waals surface area contributed by atoms with Gasteiger partial charge in [0.25, 0.3) is 0 Å². The van der Waals surface area contributed by atoms with Gasteiger partial charge in [0.15, 0.2) is 0 Å². The van der Waals surface area contributed by atoms with Crippen LogP contribution in [0.3, 0.4) is 0 Å². The fourth-order valence-corrected chi connectivity index (χ4v) is 0.982. The van der Waals surface area contributed by atoms with Gasteiger partial charge in [0.1, 0.15) is 0 Å². The van der Waals surface area contributed by atoms with Crippen LogP contribution >= 0.6 is 0 Å². The second-order valence-electron chi connectivity index (χ2n) is 2.74. The standard InChI is InChI=1S/C11H15N3.3ClH.V/c1-3-12-8-10-6-5-7-11(14-10)9-13-4-2;;;;/h5-9H,3-4H2,1-2H3;3*1H;/q;;;;+3/p-3. The Morgan fingerprint density at radius 3 is 1.67 bits per heavy atom. The van der Waals surface area contributed by atoms with Crippen LogP contribution in [0.1, 0.15) is 25.2 Å². The van der Waals surface area contributed by atoms with E-state index in [0.29, 0.717) is 0 Å². The molecule has 1 rings (SSSR count). The Bertz CT molecular complexity index is 317. The number of halogens is 3. The molecule has 1 heterocycles. The second kappa shape index (κ2) is 16.9. The van der Waals surface area contributed by atoms with E-state index in [9.17, 15) is 0 Å². The van der Waals surface area contributed by atoms with E-state index in [1.165, 1.54) is 0 Å². The molecule has 0 unspecified atom stereocenters. The fourth-order valence-electron chi connectivity index (χ4n) is 0.982. The van der Waals surface area contributed by atoms with Gasteiger partial charge >= 0.3 is 18.6 Å². The summed E-state index contributed by atoms with van der Waals surface area (Å²) in [6.07, 6.45) is 3.56. The summed E-state index contributed by atoms with van der Waals surface area (Å²) in [4.78, 5) is 12.6. The molecule has 0 aliphatic heterocycles. The van der Waals surface area contributed by atoms with Crippen molar-refractivity contribution in [3.63, 3.8) is 0 Å². The van der Waals surface area contributed by atoms with Crippen LogP contribution in [0.4, 0.5) is 0 Å². The molecule has 0 bridgehead atoms. The van der Waals surface area contributed by atoms with Crippen molar-refractivity contribution in [3.05, 3.63) is 29.6 Å². The van der Waals surface area contributed by atoms with E-state index in [4.69, 9.17) is 0 Å². The van der Waals surface area contributed by atoms with Crippen LogP contribution in [0.25, 0.3) is 0 Å². The maximum Gasteiger partial charge on any atom is 3.00 e. The summed E-state index contributed by atoms with van der Waals surface area (Å²) in [6, 6.07) is 5.83. The van der Waals surface area contributed by atoms with Crippen LogP contribution in [0.15, 0.2) is 28.2 Å². The van der Waals surface area contributed by atoms with Gasteiger partial charge in [-0.2, -0.15) is 0 Å². The minimum Gasteiger partial charge on any atom is -1.00 e. The molecule has 3 nitrogen and oxygen atoms in total. The molecule has 100 valence electrons. The Hall–Kier alpha value is -0.0556.